The number of amides is 1. The van der Waals surface area contributed by atoms with E-state index in [9.17, 15) is 4.79 Å². The average molecular weight is 442 g/mol. The zero-order chi connectivity index (χ0) is 16.8. The Labute approximate surface area is 158 Å². The number of rotatable bonds is 11. The molecule has 0 saturated carbocycles. The van der Waals surface area contributed by atoms with Crippen LogP contribution in [0.3, 0.4) is 0 Å². The number of hydrogen-bond acceptors (Lipinski definition) is 3. The molecular weight excluding hydrogens is 407 g/mol. The standard InChI is InChI=1S/C16H34N4O2.HI/c1-6-7-9-17-16(19-12-15(21)20(4)5)18-10-8-11-22-13-14(2)3;/h14H,6-13H2,1-5H3,(H2,17,18,19);1H. The van der Waals surface area contributed by atoms with E-state index < -0.39 is 0 Å². The highest BCUT2D eigenvalue weighted by Gasteiger charge is 2.04. The molecule has 0 aliphatic carbocycles. The van der Waals surface area contributed by atoms with Crippen LogP contribution >= 0.6 is 24.0 Å². The Kier molecular flexibility index (Phi) is 17.5. The highest BCUT2D eigenvalue weighted by atomic mass is 127. The molecule has 0 fully saturated rings. The van der Waals surface area contributed by atoms with Gasteiger partial charge in [0.05, 0.1) is 0 Å². The minimum absolute atomic E-state index is 0. The number of aliphatic imine (C=N–C) groups is 1. The first-order chi connectivity index (χ1) is 10.5. The fourth-order valence-corrected chi connectivity index (χ4v) is 1.55. The number of ether oxygens (including phenoxy) is 1. The Bertz CT molecular complexity index is 323. The molecule has 0 radical (unpaired) electrons. The third kappa shape index (κ3) is 16.1. The maximum Gasteiger partial charge on any atom is 0.243 e. The highest BCUT2D eigenvalue weighted by Crippen LogP contribution is 1.93. The van der Waals surface area contributed by atoms with E-state index in [1.165, 1.54) is 0 Å². The minimum atomic E-state index is -0.00291. The molecule has 0 saturated heterocycles. The van der Waals surface area contributed by atoms with E-state index in [-0.39, 0.29) is 36.4 Å². The van der Waals surface area contributed by atoms with Crippen LogP contribution in [0.4, 0.5) is 0 Å². The van der Waals surface area contributed by atoms with Crippen LogP contribution in [0.5, 0.6) is 0 Å². The molecule has 0 bridgehead atoms. The molecule has 0 aromatic heterocycles. The van der Waals surface area contributed by atoms with Gasteiger partial charge in [-0.25, -0.2) is 4.99 Å². The van der Waals surface area contributed by atoms with Gasteiger partial charge < -0.3 is 20.3 Å². The summed E-state index contributed by atoms with van der Waals surface area (Å²) in [6.07, 6.45) is 3.13. The second-order valence-corrected chi connectivity index (χ2v) is 5.98. The van der Waals surface area contributed by atoms with Gasteiger partial charge in [0.2, 0.25) is 5.91 Å². The van der Waals surface area contributed by atoms with Crippen molar-refractivity contribution in [3.8, 4) is 0 Å². The zero-order valence-electron chi connectivity index (χ0n) is 15.4. The van der Waals surface area contributed by atoms with Gasteiger partial charge in [-0.2, -0.15) is 0 Å². The maximum absolute atomic E-state index is 11.6. The van der Waals surface area contributed by atoms with Crippen molar-refractivity contribution in [3.05, 3.63) is 0 Å². The third-order valence-corrected chi connectivity index (χ3v) is 2.90. The first-order valence-corrected chi connectivity index (χ1v) is 8.27. The molecule has 0 aromatic rings. The van der Waals surface area contributed by atoms with Crippen molar-refractivity contribution in [2.24, 2.45) is 10.9 Å². The highest BCUT2D eigenvalue weighted by molar-refractivity contribution is 14.0. The number of likely N-dealkylation sites (N-methyl/N-ethyl adjacent to an activating group) is 1. The minimum Gasteiger partial charge on any atom is -0.381 e. The van der Waals surface area contributed by atoms with Crippen molar-refractivity contribution < 1.29 is 9.53 Å². The smallest absolute Gasteiger partial charge is 0.243 e. The predicted octanol–water partition coefficient (Wildman–Crippen LogP) is 2.09. The molecule has 2 N–H and O–H groups in total. The Hall–Kier alpha value is -0.570. The molecule has 23 heavy (non-hydrogen) atoms. The second-order valence-electron chi connectivity index (χ2n) is 5.98. The van der Waals surface area contributed by atoms with E-state index in [1.807, 2.05) is 0 Å². The van der Waals surface area contributed by atoms with E-state index >= 15 is 0 Å². The molecule has 138 valence electrons. The van der Waals surface area contributed by atoms with Gasteiger partial charge in [-0.05, 0) is 18.8 Å². The van der Waals surface area contributed by atoms with Crippen molar-refractivity contribution in [3.63, 3.8) is 0 Å². The summed E-state index contributed by atoms with van der Waals surface area (Å²) in [5, 5.41) is 6.50. The van der Waals surface area contributed by atoms with Gasteiger partial charge in [-0.1, -0.05) is 27.2 Å². The molecule has 1 amide bonds. The van der Waals surface area contributed by atoms with Gasteiger partial charge in [-0.3, -0.25) is 4.79 Å². The Balaban J connectivity index is 0. The summed E-state index contributed by atoms with van der Waals surface area (Å²) in [4.78, 5) is 17.5. The molecule has 0 aromatic carbocycles. The fourth-order valence-electron chi connectivity index (χ4n) is 1.55. The molecule has 0 heterocycles. The summed E-state index contributed by atoms with van der Waals surface area (Å²) in [6.45, 7) is 9.78. The average Bonchev–Trinajstić information content (AvgIpc) is 2.46. The van der Waals surface area contributed by atoms with Gasteiger partial charge in [0.15, 0.2) is 5.96 Å². The van der Waals surface area contributed by atoms with Gasteiger partial charge in [-0.15, -0.1) is 24.0 Å². The van der Waals surface area contributed by atoms with Crippen LogP contribution in [-0.2, 0) is 9.53 Å². The van der Waals surface area contributed by atoms with E-state index in [1.54, 1.807) is 19.0 Å². The van der Waals surface area contributed by atoms with E-state index in [2.05, 4.69) is 36.4 Å². The van der Waals surface area contributed by atoms with Crippen LogP contribution in [0.2, 0.25) is 0 Å². The van der Waals surface area contributed by atoms with Crippen LogP contribution in [0.15, 0.2) is 4.99 Å². The normalized spacial score (nSPS) is 11.1. The number of nitrogens with zero attached hydrogens (tertiary/aromatic N) is 2. The molecule has 6 nitrogen and oxygen atoms in total. The summed E-state index contributed by atoms with van der Waals surface area (Å²) >= 11 is 0. The molecule has 0 aliphatic heterocycles. The second kappa shape index (κ2) is 16.3. The summed E-state index contributed by atoms with van der Waals surface area (Å²) in [5.41, 5.74) is 0. The number of unbranched alkanes of at least 4 members (excludes halogenated alkanes) is 1. The SMILES string of the molecule is CCCCNC(=NCC(=O)N(C)C)NCCCOCC(C)C.I. The lowest BCUT2D eigenvalue weighted by Crippen LogP contribution is -2.39. The van der Waals surface area contributed by atoms with Gasteiger partial charge in [0.1, 0.15) is 6.54 Å². The van der Waals surface area contributed by atoms with Crippen LogP contribution in [-0.4, -0.2) is 63.7 Å². The summed E-state index contributed by atoms with van der Waals surface area (Å²) in [7, 11) is 3.48. The van der Waals surface area contributed by atoms with Crippen molar-refractivity contribution >= 4 is 35.8 Å². The van der Waals surface area contributed by atoms with Gasteiger partial charge in [0, 0.05) is 40.4 Å². The topological polar surface area (TPSA) is 66.0 Å². The third-order valence-electron chi connectivity index (χ3n) is 2.90. The lowest BCUT2D eigenvalue weighted by atomic mass is 10.2. The number of halogens is 1. The fraction of sp³-hybridized carbons (Fsp3) is 0.875. The largest absolute Gasteiger partial charge is 0.381 e. The van der Waals surface area contributed by atoms with E-state index in [0.717, 1.165) is 45.6 Å². The Morgan fingerprint density at radius 2 is 1.78 bits per heavy atom. The monoisotopic (exact) mass is 442 g/mol. The quantitative estimate of drug-likeness (QED) is 0.223. The van der Waals surface area contributed by atoms with Gasteiger partial charge in [0.25, 0.3) is 0 Å². The van der Waals surface area contributed by atoms with Crippen molar-refractivity contribution in [1.82, 2.24) is 15.5 Å². The van der Waals surface area contributed by atoms with Crippen molar-refractivity contribution in [1.29, 1.82) is 0 Å². The lowest BCUT2D eigenvalue weighted by molar-refractivity contribution is -0.127. The molecule has 0 unspecified atom stereocenters. The van der Waals surface area contributed by atoms with Crippen molar-refractivity contribution in [2.45, 2.75) is 40.0 Å². The molecule has 0 rings (SSSR count). The molecule has 0 spiro atoms. The molecule has 0 atom stereocenters. The lowest BCUT2D eigenvalue weighted by Gasteiger charge is -2.14. The van der Waals surface area contributed by atoms with E-state index in [0.29, 0.717) is 11.9 Å². The maximum atomic E-state index is 11.6. The first kappa shape index (κ1) is 24.7. The number of carbonyl (C=O) groups excluding carboxylic acids is 1. The number of guanidine groups is 1. The summed E-state index contributed by atoms with van der Waals surface area (Å²) in [6, 6.07) is 0. The number of carbonyl (C=O) groups is 1. The first-order valence-electron chi connectivity index (χ1n) is 8.27. The van der Waals surface area contributed by atoms with Crippen LogP contribution in [0.25, 0.3) is 0 Å². The zero-order valence-corrected chi connectivity index (χ0v) is 17.7. The molecule has 7 heteroatoms. The van der Waals surface area contributed by atoms with E-state index in [4.69, 9.17) is 4.74 Å². The van der Waals surface area contributed by atoms with Gasteiger partial charge >= 0.3 is 0 Å². The molecular formula is C16H35IN4O2. The van der Waals surface area contributed by atoms with Crippen LogP contribution in [0, 0.1) is 5.92 Å². The van der Waals surface area contributed by atoms with Crippen molar-refractivity contribution in [2.75, 3.05) is 46.9 Å². The van der Waals surface area contributed by atoms with Crippen LogP contribution < -0.4 is 10.6 Å². The Morgan fingerprint density at radius 1 is 1.17 bits per heavy atom. The van der Waals surface area contributed by atoms with Crippen LogP contribution in [0.1, 0.15) is 40.0 Å². The molecule has 0 aliphatic rings. The summed E-state index contributed by atoms with van der Waals surface area (Å²) < 4.78 is 5.54. The number of hydrogen-bond donors (Lipinski definition) is 2. The predicted molar refractivity (Wildman–Crippen MR) is 108 cm³/mol. The number of nitrogens with one attached hydrogen (secondary N) is 2. The summed E-state index contributed by atoms with van der Waals surface area (Å²) in [5.74, 6) is 1.27. The Morgan fingerprint density at radius 3 is 2.30 bits per heavy atom.